The number of nitrogens with zero attached hydrogens (tertiary/aromatic N) is 2. The molecule has 1 amide bonds. The third-order valence-electron chi connectivity index (χ3n) is 3.90. The number of ether oxygens (including phenoxy) is 2. The van der Waals surface area contributed by atoms with Crippen LogP contribution in [0.1, 0.15) is 0 Å². The molecule has 9 heteroatoms. The quantitative estimate of drug-likeness (QED) is 0.575. The Bertz CT molecular complexity index is 1090. The first-order valence-corrected chi connectivity index (χ1v) is 9.86. The predicted octanol–water partition coefficient (Wildman–Crippen LogP) is 3.63. The maximum atomic E-state index is 12.7. The fourth-order valence-corrected chi connectivity index (χ4v) is 3.45. The number of rotatable bonds is 7. The van der Waals surface area contributed by atoms with Crippen LogP contribution < -0.4 is 20.3 Å². The Labute approximate surface area is 176 Å². The lowest BCUT2D eigenvalue weighted by Gasteiger charge is -2.10. The van der Waals surface area contributed by atoms with Crippen LogP contribution in [0.4, 0.5) is 5.69 Å². The van der Waals surface area contributed by atoms with Gasteiger partial charge in [0.15, 0.2) is 16.5 Å². The van der Waals surface area contributed by atoms with Crippen LogP contribution in [0.25, 0.3) is 5.69 Å². The van der Waals surface area contributed by atoms with Gasteiger partial charge in [0.2, 0.25) is 5.91 Å². The van der Waals surface area contributed by atoms with Gasteiger partial charge >= 0.3 is 0 Å². The summed E-state index contributed by atoms with van der Waals surface area (Å²) in [7, 11) is 3.06. The van der Waals surface area contributed by atoms with E-state index >= 15 is 0 Å². The average molecular weight is 432 g/mol. The monoisotopic (exact) mass is 431 g/mol. The molecule has 0 spiro atoms. The van der Waals surface area contributed by atoms with Gasteiger partial charge in [-0.25, -0.2) is 4.98 Å². The molecule has 1 N–H and O–H groups in total. The molecule has 1 heterocycles. The van der Waals surface area contributed by atoms with Crippen molar-refractivity contribution >= 4 is 35.0 Å². The van der Waals surface area contributed by atoms with Gasteiger partial charge in [0.05, 0.1) is 25.7 Å². The fraction of sp³-hybridized carbons (Fsp3) is 0.150. The summed E-state index contributed by atoms with van der Waals surface area (Å²) in [5.41, 5.74) is 0.867. The van der Waals surface area contributed by atoms with E-state index in [-0.39, 0.29) is 22.2 Å². The van der Waals surface area contributed by atoms with Gasteiger partial charge in [0, 0.05) is 29.2 Å². The van der Waals surface area contributed by atoms with Crippen LogP contribution in [-0.2, 0) is 4.79 Å². The number of hydrogen-bond donors (Lipinski definition) is 1. The lowest BCUT2D eigenvalue weighted by atomic mass is 10.2. The van der Waals surface area contributed by atoms with E-state index in [1.165, 1.54) is 25.0 Å². The van der Waals surface area contributed by atoms with Crippen molar-refractivity contribution in [3.8, 4) is 17.2 Å². The first kappa shape index (κ1) is 20.8. The second-order valence-corrected chi connectivity index (χ2v) is 7.19. The number of benzene rings is 2. The molecule has 0 saturated heterocycles. The molecule has 0 fully saturated rings. The van der Waals surface area contributed by atoms with E-state index in [1.807, 2.05) is 0 Å². The van der Waals surface area contributed by atoms with Crippen LogP contribution in [0.15, 0.2) is 64.7 Å². The van der Waals surface area contributed by atoms with E-state index in [0.29, 0.717) is 27.9 Å². The number of carbonyl (C=O) groups excluding carboxylic acids is 1. The fourth-order valence-electron chi connectivity index (χ4n) is 2.57. The molecular formula is C20H18ClN3O4S. The van der Waals surface area contributed by atoms with Crippen LogP contribution in [-0.4, -0.2) is 35.4 Å². The van der Waals surface area contributed by atoms with Gasteiger partial charge in [-0.1, -0.05) is 29.4 Å². The number of hydrogen-bond acceptors (Lipinski definition) is 6. The molecule has 29 heavy (non-hydrogen) atoms. The highest BCUT2D eigenvalue weighted by atomic mass is 35.5. The highest BCUT2D eigenvalue weighted by Gasteiger charge is 2.12. The summed E-state index contributed by atoms with van der Waals surface area (Å²) in [6, 6.07) is 12.0. The number of aromatic nitrogens is 2. The molecule has 0 unspecified atom stereocenters. The van der Waals surface area contributed by atoms with E-state index < -0.39 is 0 Å². The van der Waals surface area contributed by atoms with Crippen molar-refractivity contribution in [3.05, 3.63) is 70.2 Å². The molecule has 0 radical (unpaired) electrons. The molecule has 0 aliphatic rings. The van der Waals surface area contributed by atoms with E-state index in [2.05, 4.69) is 10.3 Å². The number of nitrogens with one attached hydrogen (secondary N) is 1. The minimum atomic E-state index is -0.321. The van der Waals surface area contributed by atoms with Gasteiger partial charge in [-0.15, -0.1) is 0 Å². The van der Waals surface area contributed by atoms with Crippen molar-refractivity contribution in [1.82, 2.24) is 9.55 Å². The molecule has 0 aliphatic heterocycles. The molecular weight excluding hydrogens is 414 g/mol. The molecule has 150 valence electrons. The Morgan fingerprint density at radius 1 is 1.17 bits per heavy atom. The van der Waals surface area contributed by atoms with Gasteiger partial charge in [0.25, 0.3) is 5.56 Å². The summed E-state index contributed by atoms with van der Waals surface area (Å²) in [4.78, 5) is 29.1. The van der Waals surface area contributed by atoms with Crippen molar-refractivity contribution in [2.24, 2.45) is 0 Å². The number of thioether (sulfide) groups is 1. The number of amides is 1. The molecule has 2 aromatic carbocycles. The Morgan fingerprint density at radius 3 is 2.69 bits per heavy atom. The highest BCUT2D eigenvalue weighted by Crippen LogP contribution is 2.29. The smallest absolute Gasteiger partial charge is 0.287 e. The van der Waals surface area contributed by atoms with E-state index in [1.54, 1.807) is 48.7 Å². The number of methoxy groups -OCH3 is 2. The third-order valence-corrected chi connectivity index (χ3v) is 5.10. The zero-order valence-corrected chi connectivity index (χ0v) is 17.3. The maximum absolute atomic E-state index is 12.7. The van der Waals surface area contributed by atoms with E-state index in [0.717, 1.165) is 11.8 Å². The summed E-state index contributed by atoms with van der Waals surface area (Å²) >= 11 is 7.06. The Hall–Kier alpha value is -2.97. The molecule has 3 rings (SSSR count). The number of anilines is 1. The van der Waals surface area contributed by atoms with E-state index in [4.69, 9.17) is 21.1 Å². The lowest BCUT2D eigenvalue weighted by molar-refractivity contribution is -0.113. The van der Waals surface area contributed by atoms with Crippen LogP contribution in [0.2, 0.25) is 5.02 Å². The molecule has 0 bridgehead atoms. The standard InChI is InChI=1S/C20H18ClN3O4S/c1-27-16-7-6-14(11-17(16)28-2)23-18(25)12-29-19-20(26)24(9-8-22-19)15-5-3-4-13(21)10-15/h3-11H,12H2,1-2H3,(H,23,25). The first-order chi connectivity index (χ1) is 14.0. The molecule has 0 aliphatic carbocycles. The summed E-state index contributed by atoms with van der Waals surface area (Å²) in [5.74, 6) is 0.819. The van der Waals surface area contributed by atoms with Crippen LogP contribution >= 0.6 is 23.4 Å². The molecule has 7 nitrogen and oxygen atoms in total. The Kier molecular flexibility index (Phi) is 6.79. The predicted molar refractivity (Wildman–Crippen MR) is 114 cm³/mol. The largest absolute Gasteiger partial charge is 0.493 e. The third kappa shape index (κ3) is 5.10. The van der Waals surface area contributed by atoms with Gasteiger partial charge in [-0.05, 0) is 30.3 Å². The normalized spacial score (nSPS) is 10.4. The van der Waals surface area contributed by atoms with Crippen LogP contribution in [0.3, 0.4) is 0 Å². The SMILES string of the molecule is COc1ccc(NC(=O)CSc2nccn(-c3cccc(Cl)c3)c2=O)cc1OC. The second-order valence-electron chi connectivity index (χ2n) is 5.79. The van der Waals surface area contributed by atoms with E-state index in [9.17, 15) is 9.59 Å². The van der Waals surface area contributed by atoms with Gasteiger partial charge in [0.1, 0.15) is 0 Å². The molecule has 1 aromatic heterocycles. The van der Waals surface area contributed by atoms with Crippen molar-refractivity contribution < 1.29 is 14.3 Å². The minimum Gasteiger partial charge on any atom is -0.493 e. The van der Waals surface area contributed by atoms with Crippen molar-refractivity contribution in [1.29, 1.82) is 0 Å². The Balaban J connectivity index is 1.69. The lowest BCUT2D eigenvalue weighted by Crippen LogP contribution is -2.22. The minimum absolute atomic E-state index is 0.0240. The average Bonchev–Trinajstić information content (AvgIpc) is 2.73. The molecule has 0 atom stereocenters. The first-order valence-electron chi connectivity index (χ1n) is 8.50. The van der Waals surface area contributed by atoms with Crippen molar-refractivity contribution in [2.45, 2.75) is 5.03 Å². The summed E-state index contributed by atoms with van der Waals surface area (Å²) in [6.45, 7) is 0. The summed E-state index contributed by atoms with van der Waals surface area (Å²) < 4.78 is 11.8. The summed E-state index contributed by atoms with van der Waals surface area (Å²) in [6.07, 6.45) is 3.07. The molecule has 3 aromatic rings. The van der Waals surface area contributed by atoms with Gasteiger partial charge in [-0.3, -0.25) is 14.2 Å². The van der Waals surface area contributed by atoms with Gasteiger partial charge in [-0.2, -0.15) is 0 Å². The molecule has 0 saturated carbocycles. The second kappa shape index (κ2) is 9.49. The van der Waals surface area contributed by atoms with Crippen molar-refractivity contribution in [3.63, 3.8) is 0 Å². The van der Waals surface area contributed by atoms with Crippen LogP contribution in [0.5, 0.6) is 11.5 Å². The van der Waals surface area contributed by atoms with Crippen LogP contribution in [0, 0.1) is 0 Å². The number of carbonyl (C=O) groups is 1. The van der Waals surface area contributed by atoms with Crippen molar-refractivity contribution in [2.75, 3.05) is 25.3 Å². The zero-order valence-electron chi connectivity index (χ0n) is 15.7. The number of halogens is 1. The zero-order chi connectivity index (χ0) is 20.8. The summed E-state index contributed by atoms with van der Waals surface area (Å²) in [5, 5.41) is 3.50. The topological polar surface area (TPSA) is 82.5 Å². The van der Waals surface area contributed by atoms with Gasteiger partial charge < -0.3 is 14.8 Å². The highest BCUT2D eigenvalue weighted by molar-refractivity contribution is 7.99. The Morgan fingerprint density at radius 2 is 1.97 bits per heavy atom. The maximum Gasteiger partial charge on any atom is 0.287 e.